The number of methoxy groups -OCH3 is 2. The van der Waals surface area contributed by atoms with E-state index in [-0.39, 0.29) is 0 Å². The van der Waals surface area contributed by atoms with Crippen LogP contribution in [0.4, 0.5) is 5.82 Å². The summed E-state index contributed by atoms with van der Waals surface area (Å²) in [6, 6.07) is 5.21. The Morgan fingerprint density at radius 2 is 1.94 bits per heavy atom. The van der Waals surface area contributed by atoms with E-state index in [1.807, 2.05) is 6.07 Å². The average Bonchev–Trinajstić information content (AvgIpc) is 2.38. The van der Waals surface area contributed by atoms with Crippen LogP contribution in [0.15, 0.2) is 24.5 Å². The summed E-state index contributed by atoms with van der Waals surface area (Å²) in [6.45, 7) is 0. The predicted molar refractivity (Wildman–Crippen MR) is 70.0 cm³/mol. The van der Waals surface area contributed by atoms with Crippen molar-refractivity contribution in [3.63, 3.8) is 0 Å². The maximum Gasteiger partial charge on any atom is 0.150 e. The van der Waals surface area contributed by atoms with E-state index in [1.165, 1.54) is 13.4 Å². The minimum atomic E-state index is 0.383. The van der Waals surface area contributed by atoms with Gasteiger partial charge in [-0.3, -0.25) is 0 Å². The fraction of sp³-hybridized carbons (Fsp3) is 0.167. The van der Waals surface area contributed by atoms with Crippen LogP contribution < -0.4 is 15.2 Å². The molecule has 18 heavy (non-hydrogen) atoms. The average molecular weight is 266 g/mol. The lowest BCUT2D eigenvalue weighted by Crippen LogP contribution is -1.96. The van der Waals surface area contributed by atoms with Crippen molar-refractivity contribution in [1.82, 2.24) is 9.97 Å². The molecular formula is C12H12ClN3O2. The van der Waals surface area contributed by atoms with Gasteiger partial charge in [-0.15, -0.1) is 0 Å². The standard InChI is InChI=1S/C12H12ClN3O2/c1-17-9-4-3-7(12(18-2)11(9)13)8-5-10(14)16-6-15-8/h3-6H,1-2H3,(H2,14,15,16). The van der Waals surface area contributed by atoms with Crippen LogP contribution in [0.2, 0.25) is 5.02 Å². The smallest absolute Gasteiger partial charge is 0.150 e. The van der Waals surface area contributed by atoms with E-state index in [0.29, 0.717) is 28.0 Å². The SMILES string of the molecule is COc1ccc(-c2cc(N)ncn2)c(OC)c1Cl. The molecule has 0 aliphatic carbocycles. The van der Waals surface area contributed by atoms with Crippen LogP contribution in [0.5, 0.6) is 11.5 Å². The molecule has 0 saturated heterocycles. The second-order valence-corrected chi connectivity index (χ2v) is 3.87. The van der Waals surface area contributed by atoms with Crippen molar-refractivity contribution in [1.29, 1.82) is 0 Å². The van der Waals surface area contributed by atoms with E-state index in [2.05, 4.69) is 9.97 Å². The van der Waals surface area contributed by atoms with Crippen molar-refractivity contribution in [2.24, 2.45) is 0 Å². The quantitative estimate of drug-likeness (QED) is 0.923. The first-order chi connectivity index (χ1) is 8.67. The molecule has 0 unspecified atom stereocenters. The van der Waals surface area contributed by atoms with Crippen LogP contribution in [0.3, 0.4) is 0 Å². The van der Waals surface area contributed by atoms with Crippen molar-refractivity contribution in [2.75, 3.05) is 20.0 Å². The Labute approximate surface area is 110 Å². The van der Waals surface area contributed by atoms with E-state index in [0.717, 1.165) is 5.56 Å². The second-order valence-electron chi connectivity index (χ2n) is 3.49. The Bertz CT molecular complexity index is 575. The Morgan fingerprint density at radius 1 is 1.17 bits per heavy atom. The van der Waals surface area contributed by atoms with E-state index in [4.69, 9.17) is 26.8 Å². The zero-order valence-electron chi connectivity index (χ0n) is 9.98. The zero-order chi connectivity index (χ0) is 13.1. The first-order valence-corrected chi connectivity index (χ1v) is 5.53. The van der Waals surface area contributed by atoms with Gasteiger partial charge in [0, 0.05) is 11.6 Å². The summed E-state index contributed by atoms with van der Waals surface area (Å²) in [5, 5.41) is 0.398. The minimum absolute atomic E-state index is 0.383. The molecule has 0 radical (unpaired) electrons. The van der Waals surface area contributed by atoms with Gasteiger partial charge in [0.1, 0.15) is 22.9 Å². The van der Waals surface area contributed by atoms with Crippen LogP contribution in [0, 0.1) is 0 Å². The fourth-order valence-corrected chi connectivity index (χ4v) is 1.94. The van der Waals surface area contributed by atoms with Gasteiger partial charge in [-0.05, 0) is 12.1 Å². The molecule has 1 aromatic heterocycles. The lowest BCUT2D eigenvalue weighted by molar-refractivity contribution is 0.396. The third-order valence-electron chi connectivity index (χ3n) is 2.45. The topological polar surface area (TPSA) is 70.3 Å². The Morgan fingerprint density at radius 3 is 2.56 bits per heavy atom. The first-order valence-electron chi connectivity index (χ1n) is 5.15. The number of ether oxygens (including phenoxy) is 2. The van der Waals surface area contributed by atoms with Crippen LogP contribution in [-0.2, 0) is 0 Å². The summed E-state index contributed by atoms with van der Waals surface area (Å²) in [7, 11) is 3.08. The Balaban J connectivity index is 2.61. The highest BCUT2D eigenvalue weighted by atomic mass is 35.5. The third kappa shape index (κ3) is 2.17. The van der Waals surface area contributed by atoms with E-state index < -0.39 is 0 Å². The second kappa shape index (κ2) is 5.10. The molecule has 0 amide bonds. The summed E-state index contributed by atoms with van der Waals surface area (Å²) >= 11 is 6.18. The van der Waals surface area contributed by atoms with Gasteiger partial charge in [0.05, 0.1) is 19.9 Å². The highest BCUT2D eigenvalue weighted by Crippen LogP contribution is 2.41. The van der Waals surface area contributed by atoms with Gasteiger partial charge in [-0.1, -0.05) is 11.6 Å². The van der Waals surface area contributed by atoms with E-state index in [1.54, 1.807) is 19.2 Å². The third-order valence-corrected chi connectivity index (χ3v) is 2.81. The zero-order valence-corrected chi connectivity index (χ0v) is 10.7. The van der Waals surface area contributed by atoms with Gasteiger partial charge >= 0.3 is 0 Å². The Kier molecular flexibility index (Phi) is 3.53. The minimum Gasteiger partial charge on any atom is -0.495 e. The fourth-order valence-electron chi connectivity index (χ4n) is 1.62. The number of hydrogen-bond acceptors (Lipinski definition) is 5. The molecule has 94 valence electrons. The molecule has 0 spiro atoms. The van der Waals surface area contributed by atoms with Crippen LogP contribution in [0.1, 0.15) is 0 Å². The molecule has 0 bridgehead atoms. The van der Waals surface area contributed by atoms with E-state index in [9.17, 15) is 0 Å². The van der Waals surface area contributed by atoms with Crippen molar-refractivity contribution in [2.45, 2.75) is 0 Å². The highest BCUT2D eigenvalue weighted by molar-refractivity contribution is 6.34. The molecule has 0 saturated carbocycles. The molecule has 0 aliphatic heterocycles. The van der Waals surface area contributed by atoms with Gasteiger partial charge in [-0.25, -0.2) is 9.97 Å². The molecule has 0 fully saturated rings. The molecular weight excluding hydrogens is 254 g/mol. The summed E-state index contributed by atoms with van der Waals surface area (Å²) in [4.78, 5) is 7.99. The molecule has 1 aromatic carbocycles. The van der Waals surface area contributed by atoms with Gasteiger partial charge < -0.3 is 15.2 Å². The van der Waals surface area contributed by atoms with Crippen LogP contribution in [0.25, 0.3) is 11.3 Å². The predicted octanol–water partition coefficient (Wildman–Crippen LogP) is 2.40. The number of nitrogens with zero attached hydrogens (tertiary/aromatic N) is 2. The number of halogens is 1. The van der Waals surface area contributed by atoms with E-state index >= 15 is 0 Å². The number of anilines is 1. The largest absolute Gasteiger partial charge is 0.495 e. The maximum absolute atomic E-state index is 6.18. The summed E-state index contributed by atoms with van der Waals surface area (Å²) in [6.07, 6.45) is 1.39. The molecule has 1 heterocycles. The van der Waals surface area contributed by atoms with Gasteiger partial charge in [0.2, 0.25) is 0 Å². The summed E-state index contributed by atoms with van der Waals surface area (Å²) in [5.41, 5.74) is 7.01. The highest BCUT2D eigenvalue weighted by Gasteiger charge is 2.15. The summed E-state index contributed by atoms with van der Waals surface area (Å²) in [5.74, 6) is 1.42. The molecule has 0 atom stereocenters. The van der Waals surface area contributed by atoms with Gasteiger partial charge in [-0.2, -0.15) is 0 Å². The lowest BCUT2D eigenvalue weighted by Gasteiger charge is -2.12. The van der Waals surface area contributed by atoms with Gasteiger partial charge in [0.25, 0.3) is 0 Å². The molecule has 6 heteroatoms. The number of nitrogens with two attached hydrogens (primary N) is 1. The molecule has 5 nitrogen and oxygen atoms in total. The molecule has 2 aromatic rings. The Hall–Kier alpha value is -2.01. The van der Waals surface area contributed by atoms with Crippen LogP contribution in [-0.4, -0.2) is 24.2 Å². The number of nitrogen functional groups attached to an aromatic ring is 1. The lowest BCUT2D eigenvalue weighted by atomic mass is 10.1. The van der Waals surface area contributed by atoms with Crippen LogP contribution >= 0.6 is 11.6 Å². The monoisotopic (exact) mass is 265 g/mol. The number of rotatable bonds is 3. The number of aromatic nitrogens is 2. The van der Waals surface area contributed by atoms with Crippen molar-refractivity contribution in [3.8, 4) is 22.8 Å². The molecule has 2 N–H and O–H groups in total. The van der Waals surface area contributed by atoms with Gasteiger partial charge in [0.15, 0.2) is 5.75 Å². The first kappa shape index (κ1) is 12.4. The number of hydrogen-bond donors (Lipinski definition) is 1. The molecule has 0 aliphatic rings. The maximum atomic E-state index is 6.18. The van der Waals surface area contributed by atoms with Crippen molar-refractivity contribution < 1.29 is 9.47 Å². The normalized spacial score (nSPS) is 10.2. The summed E-state index contributed by atoms with van der Waals surface area (Å²) < 4.78 is 10.4. The molecule has 2 rings (SSSR count). The van der Waals surface area contributed by atoms with Crippen molar-refractivity contribution in [3.05, 3.63) is 29.5 Å². The van der Waals surface area contributed by atoms with Crippen molar-refractivity contribution >= 4 is 17.4 Å². The number of benzene rings is 1.